The van der Waals surface area contributed by atoms with Crippen LogP contribution in [0.25, 0.3) is 11.2 Å². The molecule has 4 radical (unpaired) electrons. The molecule has 3 unspecified atom stereocenters. The molecular weight excluding hydrogens is 890 g/mol. The summed E-state index contributed by atoms with van der Waals surface area (Å²) in [5.41, 5.74) is 6.78. The highest BCUT2D eigenvalue weighted by molar-refractivity contribution is 7.98. The van der Waals surface area contributed by atoms with E-state index in [4.69, 9.17) is 37.8 Å². The van der Waals surface area contributed by atoms with Crippen LogP contribution in [0.3, 0.4) is 0 Å². The SMILES string of the molecule is CCCC[N+](CCCC)(CCCC)C[N+](CCCC)(CCCC)CCCC.COC1O[C@@H]2[C@H](O1)[C@@H](CO[P+]1(C)OP(=O)([O-])CP(=O)([O-])O1)O[C@H]2n1cnc2c(N)nc(SC)nc21.[B-]. The number of hydrogen-bond acceptors (Lipinski definition) is 16. The van der Waals surface area contributed by atoms with Crippen molar-refractivity contribution in [3.05, 3.63) is 6.33 Å². The molecule has 3 aliphatic heterocycles. The maximum absolute atomic E-state index is 11.9. The van der Waals surface area contributed by atoms with Gasteiger partial charge in [-0.1, -0.05) is 91.8 Å². The highest BCUT2D eigenvalue weighted by Crippen LogP contribution is 2.80. The highest BCUT2D eigenvalue weighted by Gasteiger charge is 2.58. The number of unbranched alkanes of at least 4 members (excludes halogenated alkanes) is 6. The van der Waals surface area contributed by atoms with Crippen molar-refractivity contribution in [1.82, 2.24) is 19.5 Å². The lowest BCUT2D eigenvalue weighted by molar-refractivity contribution is -1.10. The first-order valence-corrected chi connectivity index (χ1v) is 29.4. The van der Waals surface area contributed by atoms with Gasteiger partial charge in [-0.2, -0.15) is 4.52 Å². The minimum Gasteiger partial charge on any atom is -1.00 e. The Labute approximate surface area is 383 Å². The monoisotopic (exact) mass is 967 g/mol. The summed E-state index contributed by atoms with van der Waals surface area (Å²) in [6.07, 6.45) is 16.6. The van der Waals surface area contributed by atoms with Crippen molar-refractivity contribution in [2.45, 2.75) is 155 Å². The number of rotatable bonds is 26. The largest absolute Gasteiger partial charge is 1.00 e. The van der Waals surface area contributed by atoms with Gasteiger partial charge >= 0.3 is 7.94 Å². The number of nitrogens with two attached hydrogens (primary N) is 1. The van der Waals surface area contributed by atoms with Gasteiger partial charge in [0.2, 0.25) is 6.67 Å². The van der Waals surface area contributed by atoms with E-state index in [1.165, 1.54) is 157 Å². The molecule has 2 aromatic heterocycles. The number of fused-ring (bicyclic) bond motifs is 2. The van der Waals surface area contributed by atoms with E-state index in [1.807, 2.05) is 0 Å². The van der Waals surface area contributed by atoms with E-state index in [9.17, 15) is 18.9 Å². The van der Waals surface area contributed by atoms with Crippen molar-refractivity contribution >= 4 is 60.3 Å². The second-order valence-electron chi connectivity index (χ2n) is 17.1. The molecule has 0 amide bonds. The number of quaternary nitrogens is 2. The summed E-state index contributed by atoms with van der Waals surface area (Å²) >= 11 is 1.30. The van der Waals surface area contributed by atoms with Gasteiger partial charge < -0.3 is 52.0 Å². The Bertz CT molecular complexity index is 1680. The van der Waals surface area contributed by atoms with E-state index in [1.54, 1.807) is 10.8 Å². The molecule has 0 aliphatic carbocycles. The summed E-state index contributed by atoms with van der Waals surface area (Å²) in [6, 6.07) is 0. The van der Waals surface area contributed by atoms with Crippen LogP contribution < -0.4 is 15.5 Å². The lowest BCUT2D eigenvalue weighted by atomic mass is 10.1. The van der Waals surface area contributed by atoms with E-state index in [-0.39, 0.29) is 20.8 Å². The predicted molar refractivity (Wildman–Crippen MR) is 247 cm³/mol. The van der Waals surface area contributed by atoms with Crippen molar-refractivity contribution in [3.63, 3.8) is 0 Å². The highest BCUT2D eigenvalue weighted by atomic mass is 32.2. The first kappa shape index (κ1) is 56.5. The number of hydrogen-bond donors (Lipinski definition) is 1. The van der Waals surface area contributed by atoms with Crippen LogP contribution in [0.15, 0.2) is 11.5 Å². The lowest BCUT2D eigenvalue weighted by Gasteiger charge is -2.48. The fourth-order valence-electron chi connectivity index (χ4n) is 8.65. The molecule has 3 aliphatic rings. The van der Waals surface area contributed by atoms with Gasteiger partial charge in [-0.15, -0.1) is 8.62 Å². The maximum Gasteiger partial charge on any atom is 0.418 e. The summed E-state index contributed by atoms with van der Waals surface area (Å²) in [5.74, 6) is -1.05. The van der Waals surface area contributed by atoms with Gasteiger partial charge in [0.1, 0.15) is 37.1 Å². The average molecular weight is 968 g/mol. The molecule has 3 saturated heterocycles. The summed E-state index contributed by atoms with van der Waals surface area (Å²) in [7, 11) is -11.8. The Hall–Kier alpha value is -0.785. The van der Waals surface area contributed by atoms with Crippen LogP contribution in [0.2, 0.25) is 0 Å². The van der Waals surface area contributed by atoms with E-state index in [2.05, 4.69) is 56.5 Å². The van der Waals surface area contributed by atoms with Gasteiger partial charge in [-0.3, -0.25) is 13.5 Å². The molecule has 0 spiro atoms. The number of aromatic nitrogens is 4. The third-order valence-corrected chi connectivity index (χ3v) is 20.1. The molecule has 0 aromatic carbocycles. The molecule has 362 valence electrons. The minimum absolute atomic E-state index is 0. The van der Waals surface area contributed by atoms with Gasteiger partial charge in [0.15, 0.2) is 38.0 Å². The summed E-state index contributed by atoms with van der Waals surface area (Å²) in [6.45, 7) is 24.0. The number of imidazole rings is 1. The fourth-order valence-corrected chi connectivity index (χ4v) is 16.9. The van der Waals surface area contributed by atoms with Gasteiger partial charge in [-0.05, 0) is 44.8 Å². The van der Waals surface area contributed by atoms with Crippen LogP contribution >= 0.6 is 34.9 Å². The standard InChI is InChI=1S/C25H56N2.C15H22N5O11P3S.B/c1-7-13-19-26(20-14-8-2,21-15-9-3)25-27(22-16-10-4,23-17-11-5)24-18-12-6;1-25-15-28-9-7(4-26-32(2)30-33(21,22)6-34(23,24)31-32)27-13(10(9)29-15)20-5-17-8-11(16)18-14(35-3)19-12(8)20;/h7-25H2,1-6H3;5,7,9-10,13,15H,4,6H2,1-3H3,(H3-,16,18,19,21,22,23,24);/q+2;;-1/p-1/t;7-,9-,10-,13-,15?;/m.1./s1. The molecule has 63 heavy (non-hydrogen) atoms. The molecule has 5 heterocycles. The molecule has 7 atom stereocenters. The molecule has 2 N–H and O–H groups in total. The third-order valence-electron chi connectivity index (χ3n) is 11.8. The normalized spacial score (nSPS) is 28.5. The van der Waals surface area contributed by atoms with Crippen LogP contribution in [-0.2, 0) is 41.2 Å². The Morgan fingerprint density at radius 3 is 1.70 bits per heavy atom. The van der Waals surface area contributed by atoms with Crippen molar-refractivity contribution in [2.75, 3.05) is 84.2 Å². The number of anilines is 1. The lowest BCUT2D eigenvalue weighted by Crippen LogP contribution is -2.64. The van der Waals surface area contributed by atoms with E-state index < -0.39 is 60.1 Å². The predicted octanol–water partition coefficient (Wildman–Crippen LogP) is 7.26. The van der Waals surface area contributed by atoms with Gasteiger partial charge in [0, 0.05) is 7.11 Å². The topological polar surface area (TPSA) is 214 Å². The average Bonchev–Trinajstić information content (AvgIpc) is 3.94. The molecular formula is C40H77BN7O11P3S. The van der Waals surface area contributed by atoms with Gasteiger partial charge in [0.25, 0.3) is 6.48 Å². The molecule has 5 rings (SSSR count). The first-order chi connectivity index (χ1) is 29.5. The fraction of sp³-hybridized carbons (Fsp3) is 0.875. The van der Waals surface area contributed by atoms with Crippen LogP contribution in [0, 0.1) is 0 Å². The quantitative estimate of drug-likeness (QED) is 0.0245. The van der Waals surface area contributed by atoms with Crippen LogP contribution in [0.5, 0.6) is 0 Å². The van der Waals surface area contributed by atoms with Gasteiger partial charge in [0.05, 0.1) is 51.5 Å². The number of nitrogen functional groups attached to an aromatic ring is 1. The van der Waals surface area contributed by atoms with Crippen LogP contribution in [0.4, 0.5) is 5.82 Å². The molecule has 18 nitrogen and oxygen atoms in total. The maximum atomic E-state index is 11.9. The Balaban J connectivity index is 0.000000344. The van der Waals surface area contributed by atoms with Crippen molar-refractivity contribution in [2.24, 2.45) is 0 Å². The van der Waals surface area contributed by atoms with E-state index >= 15 is 0 Å². The second-order valence-corrected chi connectivity index (χ2v) is 24.5. The zero-order valence-corrected chi connectivity index (χ0v) is 42.9. The van der Waals surface area contributed by atoms with Gasteiger partial charge in [-0.25, -0.2) is 15.0 Å². The molecule has 2 aromatic rings. The molecule has 0 saturated carbocycles. The number of nitrogens with zero attached hydrogens (tertiary/aromatic N) is 6. The third kappa shape index (κ3) is 15.9. The second kappa shape index (κ2) is 26.1. The van der Waals surface area contributed by atoms with E-state index in [0.29, 0.717) is 16.3 Å². The smallest absolute Gasteiger partial charge is 0.418 e. The minimum atomic E-state index is -4.70. The number of ether oxygens (including phenoxy) is 4. The molecule has 3 fully saturated rings. The molecule has 23 heteroatoms. The molecule has 0 bridgehead atoms. The number of thioether (sulfide) groups is 1. The van der Waals surface area contributed by atoms with Crippen LogP contribution in [-0.4, -0.2) is 140 Å². The van der Waals surface area contributed by atoms with Crippen molar-refractivity contribution < 1.29 is 60.0 Å². The van der Waals surface area contributed by atoms with E-state index in [0.717, 1.165) is 6.66 Å². The Kier molecular flexibility index (Phi) is 23.4. The zero-order valence-electron chi connectivity index (χ0n) is 39.4. The summed E-state index contributed by atoms with van der Waals surface area (Å²) in [4.78, 5) is 36.8. The summed E-state index contributed by atoms with van der Waals surface area (Å²) in [5, 5.41) is 0.429. The number of methoxy groups -OCH3 is 1. The first-order valence-electron chi connectivity index (χ1n) is 22.8. The summed E-state index contributed by atoms with van der Waals surface area (Å²) < 4.78 is 66.5. The Morgan fingerprint density at radius 1 is 0.810 bits per heavy atom. The van der Waals surface area contributed by atoms with Crippen molar-refractivity contribution in [3.8, 4) is 0 Å². The van der Waals surface area contributed by atoms with Crippen LogP contribution in [0.1, 0.15) is 125 Å². The van der Waals surface area contributed by atoms with Crippen molar-refractivity contribution in [1.29, 1.82) is 0 Å². The zero-order chi connectivity index (χ0) is 45.6. The Morgan fingerprint density at radius 2 is 1.27 bits per heavy atom.